The van der Waals surface area contributed by atoms with Crippen molar-refractivity contribution in [3.63, 3.8) is 0 Å². The molecule has 0 aliphatic heterocycles. The van der Waals surface area contributed by atoms with Crippen molar-refractivity contribution in [1.82, 2.24) is 15.0 Å². The summed E-state index contributed by atoms with van der Waals surface area (Å²) in [5.41, 5.74) is 4.69. The molecule has 0 aliphatic carbocycles. The van der Waals surface area contributed by atoms with E-state index in [0.717, 1.165) is 61.1 Å². The number of halogens is 1. The summed E-state index contributed by atoms with van der Waals surface area (Å²) in [6, 6.07) is 9.31. The number of thiophene rings is 1. The van der Waals surface area contributed by atoms with Crippen molar-refractivity contribution >= 4 is 38.3 Å². The minimum Gasteiger partial charge on any atom is -0.461 e. The summed E-state index contributed by atoms with van der Waals surface area (Å²) in [5.74, 6) is 2.32. The molecule has 7 heteroatoms. The molecule has 0 spiro atoms. The number of H-pyrrole nitrogens is 1. The molecule has 0 fully saturated rings. The summed E-state index contributed by atoms with van der Waals surface area (Å²) in [5, 5.41) is 4.42. The molecule has 4 heterocycles. The molecule has 5 nitrogen and oxygen atoms in total. The van der Waals surface area contributed by atoms with Crippen molar-refractivity contribution in [2.24, 2.45) is 0 Å². The number of hydrogen-bond acceptors (Lipinski definition) is 5. The van der Waals surface area contributed by atoms with E-state index >= 15 is 0 Å². The maximum absolute atomic E-state index is 14.2. The topological polar surface area (TPSA) is 66.7 Å². The highest BCUT2D eigenvalue weighted by Gasteiger charge is 2.15. The predicted octanol–water partition coefficient (Wildman–Crippen LogP) is 6.15. The van der Waals surface area contributed by atoms with Crippen molar-refractivity contribution in [3.05, 3.63) is 65.1 Å². The average molecular weight is 421 g/mol. The SMILES string of the molecule is Cc1ccc(-c2cc3ncnc(NCCc4c(C)[nH]c5c(F)ccc(C)c45)c3s2)o1. The molecule has 30 heavy (non-hydrogen) atoms. The lowest BCUT2D eigenvalue weighted by Crippen LogP contribution is -2.07. The quantitative estimate of drug-likeness (QED) is 0.358. The summed E-state index contributed by atoms with van der Waals surface area (Å²) >= 11 is 1.61. The number of nitrogens with zero attached hydrogens (tertiary/aromatic N) is 2. The van der Waals surface area contributed by atoms with Gasteiger partial charge < -0.3 is 14.7 Å². The van der Waals surface area contributed by atoms with Crippen LogP contribution in [-0.4, -0.2) is 21.5 Å². The standard InChI is InChI=1S/C23H21FN4OS/c1-12-4-6-16(24)21-20(12)15(14(3)28-21)8-9-25-23-22-17(26-11-27-23)10-19(30-22)18-7-5-13(2)29-18/h4-7,10-11,28H,8-9H2,1-3H3,(H,25,26,27). The Labute approximate surface area is 177 Å². The van der Waals surface area contributed by atoms with Crippen molar-refractivity contribution in [2.75, 3.05) is 11.9 Å². The van der Waals surface area contributed by atoms with Crippen molar-refractivity contribution < 1.29 is 8.81 Å². The fourth-order valence-electron chi connectivity index (χ4n) is 3.93. The smallest absolute Gasteiger partial charge is 0.147 e. The summed E-state index contributed by atoms with van der Waals surface area (Å²) in [7, 11) is 0. The van der Waals surface area contributed by atoms with Gasteiger partial charge in [0.1, 0.15) is 29.5 Å². The fourth-order valence-corrected chi connectivity index (χ4v) is 4.97. The number of anilines is 1. The van der Waals surface area contributed by atoms with E-state index < -0.39 is 0 Å². The number of aromatic amines is 1. The number of hydrogen-bond donors (Lipinski definition) is 2. The Hall–Kier alpha value is -3.19. The second-order valence-electron chi connectivity index (χ2n) is 7.48. The van der Waals surface area contributed by atoms with Gasteiger partial charge in [0.25, 0.3) is 0 Å². The van der Waals surface area contributed by atoms with Gasteiger partial charge in [0.15, 0.2) is 0 Å². The minimum absolute atomic E-state index is 0.213. The Morgan fingerprint density at radius 1 is 1.13 bits per heavy atom. The average Bonchev–Trinajstić information content (AvgIpc) is 3.42. The molecule has 2 N–H and O–H groups in total. The first-order chi connectivity index (χ1) is 14.5. The van der Waals surface area contributed by atoms with Crippen LogP contribution in [0.15, 0.2) is 41.1 Å². The van der Waals surface area contributed by atoms with Crippen LogP contribution in [0.5, 0.6) is 0 Å². The Morgan fingerprint density at radius 3 is 2.80 bits per heavy atom. The third-order valence-electron chi connectivity index (χ3n) is 5.39. The molecule has 0 unspecified atom stereocenters. The van der Waals surface area contributed by atoms with Crippen LogP contribution < -0.4 is 5.32 Å². The van der Waals surface area contributed by atoms with E-state index in [0.29, 0.717) is 12.1 Å². The molecule has 0 atom stereocenters. The van der Waals surface area contributed by atoms with Gasteiger partial charge in [-0.2, -0.15) is 0 Å². The lowest BCUT2D eigenvalue weighted by molar-refractivity contribution is 0.549. The van der Waals surface area contributed by atoms with Gasteiger partial charge in [-0.05, 0) is 62.6 Å². The molecule has 4 aromatic heterocycles. The van der Waals surface area contributed by atoms with Crippen molar-refractivity contribution in [2.45, 2.75) is 27.2 Å². The first-order valence-electron chi connectivity index (χ1n) is 9.82. The van der Waals surface area contributed by atoms with Crippen LogP contribution in [0.3, 0.4) is 0 Å². The van der Waals surface area contributed by atoms with Gasteiger partial charge in [-0.15, -0.1) is 11.3 Å². The zero-order valence-corrected chi connectivity index (χ0v) is 17.8. The Morgan fingerprint density at radius 2 is 2.00 bits per heavy atom. The van der Waals surface area contributed by atoms with Gasteiger partial charge in [-0.1, -0.05) is 6.07 Å². The van der Waals surface area contributed by atoms with Crippen LogP contribution in [0.25, 0.3) is 31.8 Å². The number of rotatable bonds is 5. The predicted molar refractivity (Wildman–Crippen MR) is 120 cm³/mol. The van der Waals surface area contributed by atoms with Crippen molar-refractivity contribution in [3.8, 4) is 10.6 Å². The monoisotopic (exact) mass is 420 g/mol. The van der Waals surface area contributed by atoms with E-state index in [4.69, 9.17) is 4.42 Å². The molecule has 5 rings (SSSR count). The molecule has 0 radical (unpaired) electrons. The summed E-state index contributed by atoms with van der Waals surface area (Å²) in [4.78, 5) is 13.1. The summed E-state index contributed by atoms with van der Waals surface area (Å²) < 4.78 is 20.9. The zero-order chi connectivity index (χ0) is 20.8. The largest absolute Gasteiger partial charge is 0.461 e. The van der Waals surface area contributed by atoms with E-state index in [9.17, 15) is 4.39 Å². The molecular weight excluding hydrogens is 399 g/mol. The van der Waals surface area contributed by atoms with Gasteiger partial charge in [0, 0.05) is 17.6 Å². The highest BCUT2D eigenvalue weighted by Crippen LogP contribution is 2.36. The van der Waals surface area contributed by atoms with Crippen LogP contribution in [0, 0.1) is 26.6 Å². The second kappa shape index (κ2) is 7.25. The van der Waals surface area contributed by atoms with E-state index in [2.05, 4.69) is 20.3 Å². The summed E-state index contributed by atoms with van der Waals surface area (Å²) in [6.07, 6.45) is 2.34. The van der Waals surface area contributed by atoms with E-state index in [1.54, 1.807) is 17.7 Å². The van der Waals surface area contributed by atoms with Gasteiger partial charge in [0.05, 0.1) is 20.6 Å². The van der Waals surface area contributed by atoms with Gasteiger partial charge in [-0.25, -0.2) is 14.4 Å². The van der Waals surface area contributed by atoms with Crippen molar-refractivity contribution in [1.29, 1.82) is 0 Å². The number of benzene rings is 1. The molecule has 0 aliphatic rings. The number of fused-ring (bicyclic) bond motifs is 2. The molecule has 5 aromatic rings. The first-order valence-corrected chi connectivity index (χ1v) is 10.6. The molecule has 0 saturated carbocycles. The van der Waals surface area contributed by atoms with Crippen LogP contribution in [0.4, 0.5) is 10.2 Å². The number of aromatic nitrogens is 3. The number of nitrogens with one attached hydrogen (secondary N) is 2. The molecule has 1 aromatic carbocycles. The highest BCUT2D eigenvalue weighted by molar-refractivity contribution is 7.22. The Bertz CT molecular complexity index is 1380. The lowest BCUT2D eigenvalue weighted by atomic mass is 10.0. The maximum Gasteiger partial charge on any atom is 0.147 e. The number of furan rings is 1. The van der Waals surface area contributed by atoms with Crippen LogP contribution in [0.2, 0.25) is 0 Å². The summed E-state index contributed by atoms with van der Waals surface area (Å²) in [6.45, 7) is 6.63. The Balaban J connectivity index is 1.41. The molecule has 0 bridgehead atoms. The van der Waals surface area contributed by atoms with Gasteiger partial charge >= 0.3 is 0 Å². The van der Waals surface area contributed by atoms with E-state index in [1.165, 1.54) is 6.07 Å². The third-order valence-corrected chi connectivity index (χ3v) is 6.54. The fraction of sp³-hybridized carbons (Fsp3) is 0.217. The molecule has 0 saturated heterocycles. The molecular formula is C23H21FN4OS. The van der Waals surface area contributed by atoms with E-state index in [-0.39, 0.29) is 5.82 Å². The maximum atomic E-state index is 14.2. The second-order valence-corrected chi connectivity index (χ2v) is 8.53. The number of aryl methyl sites for hydroxylation is 3. The molecule has 152 valence electrons. The zero-order valence-electron chi connectivity index (χ0n) is 17.0. The minimum atomic E-state index is -0.213. The van der Waals surface area contributed by atoms with Crippen LogP contribution >= 0.6 is 11.3 Å². The van der Waals surface area contributed by atoms with Gasteiger partial charge in [-0.3, -0.25) is 0 Å². The normalized spacial score (nSPS) is 11.6. The van der Waals surface area contributed by atoms with E-state index in [1.807, 2.05) is 45.0 Å². The highest BCUT2D eigenvalue weighted by atomic mass is 32.1. The van der Waals surface area contributed by atoms with Crippen LogP contribution in [-0.2, 0) is 6.42 Å². The third kappa shape index (κ3) is 3.15. The molecule has 0 amide bonds. The lowest BCUT2D eigenvalue weighted by Gasteiger charge is -2.07. The first kappa shape index (κ1) is 18.8. The Kier molecular flexibility index (Phi) is 4.55. The van der Waals surface area contributed by atoms with Gasteiger partial charge in [0.2, 0.25) is 0 Å². The van der Waals surface area contributed by atoms with Crippen LogP contribution in [0.1, 0.15) is 22.6 Å².